The predicted octanol–water partition coefficient (Wildman–Crippen LogP) is 5.73. The van der Waals surface area contributed by atoms with Gasteiger partial charge in [-0.2, -0.15) is 0 Å². The van der Waals surface area contributed by atoms with Gasteiger partial charge < -0.3 is 14.6 Å². The molecule has 3 aromatic rings. The second kappa shape index (κ2) is 9.10. The van der Waals surface area contributed by atoms with Gasteiger partial charge in [0.15, 0.2) is 0 Å². The van der Waals surface area contributed by atoms with Crippen molar-refractivity contribution in [3.05, 3.63) is 88.9 Å². The van der Waals surface area contributed by atoms with Gasteiger partial charge in [0, 0.05) is 6.42 Å². The maximum absolute atomic E-state index is 10.7. The molecule has 1 N–H and O–H groups in total. The van der Waals surface area contributed by atoms with Gasteiger partial charge in [-0.15, -0.1) is 0 Å². The Hall–Kier alpha value is -2.98. The second-order valence-corrected chi connectivity index (χ2v) is 6.42. The lowest BCUT2D eigenvalue weighted by molar-refractivity contribution is -0.136. The minimum atomic E-state index is -0.830. The highest BCUT2D eigenvalue weighted by Gasteiger charge is 2.06. The van der Waals surface area contributed by atoms with Crippen LogP contribution in [0, 0.1) is 0 Å². The summed E-state index contributed by atoms with van der Waals surface area (Å²) >= 11 is 6.25. The van der Waals surface area contributed by atoms with Gasteiger partial charge in [-0.25, -0.2) is 0 Å². The fraction of sp³-hybridized carbons (Fsp3) is 0.136. The normalized spacial score (nSPS) is 10.4. The highest BCUT2D eigenvalue weighted by molar-refractivity contribution is 6.32. The molecule has 0 aromatic heterocycles. The fourth-order valence-corrected chi connectivity index (χ4v) is 2.81. The Bertz CT molecular complexity index is 909. The molecule has 3 rings (SSSR count). The number of hydrogen-bond donors (Lipinski definition) is 1. The first kappa shape index (κ1) is 18.8. The number of carboxylic acids is 1. The van der Waals surface area contributed by atoms with Gasteiger partial charge in [-0.3, -0.25) is 4.79 Å². The molecule has 0 aliphatic heterocycles. The van der Waals surface area contributed by atoms with Crippen LogP contribution in [0.3, 0.4) is 0 Å². The molecule has 5 heteroatoms. The minimum absolute atomic E-state index is 0.0741. The molecule has 0 aliphatic rings. The molecule has 0 radical (unpaired) electrons. The standard InChI is InChI=1S/C22H19ClO4/c23-20-14-16(10-12-22(24)25)9-11-21(20)26-15-17-5-4-8-19(13-17)27-18-6-2-1-3-7-18/h1-9,11,13-14H,10,12,15H2,(H,24,25). The Balaban J connectivity index is 1.61. The van der Waals surface area contributed by atoms with Gasteiger partial charge in [0.25, 0.3) is 0 Å². The van der Waals surface area contributed by atoms with Crippen LogP contribution >= 0.6 is 11.6 Å². The van der Waals surface area contributed by atoms with Crippen molar-refractivity contribution < 1.29 is 19.4 Å². The lowest BCUT2D eigenvalue weighted by Gasteiger charge is -2.11. The third-order valence-corrected chi connectivity index (χ3v) is 4.19. The maximum atomic E-state index is 10.7. The zero-order valence-corrected chi connectivity index (χ0v) is 15.4. The van der Waals surface area contributed by atoms with Crippen molar-refractivity contribution in [2.75, 3.05) is 0 Å². The van der Waals surface area contributed by atoms with Crippen molar-refractivity contribution in [3.8, 4) is 17.2 Å². The average molecular weight is 383 g/mol. The largest absolute Gasteiger partial charge is 0.487 e. The SMILES string of the molecule is O=C(O)CCc1ccc(OCc2cccc(Oc3ccccc3)c2)c(Cl)c1. The van der Waals surface area contributed by atoms with Crippen molar-refractivity contribution >= 4 is 17.6 Å². The zero-order valence-electron chi connectivity index (χ0n) is 14.6. The van der Waals surface area contributed by atoms with Crippen molar-refractivity contribution in [2.24, 2.45) is 0 Å². The summed E-state index contributed by atoms with van der Waals surface area (Å²) in [6.45, 7) is 0.347. The van der Waals surface area contributed by atoms with E-state index in [0.717, 1.165) is 22.6 Å². The molecule has 27 heavy (non-hydrogen) atoms. The smallest absolute Gasteiger partial charge is 0.303 e. The van der Waals surface area contributed by atoms with E-state index in [2.05, 4.69) is 0 Å². The molecule has 0 saturated heterocycles. The Morgan fingerprint density at radius 3 is 2.41 bits per heavy atom. The fourth-order valence-electron chi connectivity index (χ4n) is 2.55. The van der Waals surface area contributed by atoms with E-state index in [0.29, 0.717) is 23.8 Å². The van der Waals surface area contributed by atoms with Crippen LogP contribution in [-0.2, 0) is 17.8 Å². The number of benzene rings is 3. The van der Waals surface area contributed by atoms with E-state index in [1.807, 2.05) is 60.7 Å². The van der Waals surface area contributed by atoms with Crippen molar-refractivity contribution in [3.63, 3.8) is 0 Å². The summed E-state index contributed by atoms with van der Waals surface area (Å²) in [4.78, 5) is 10.7. The minimum Gasteiger partial charge on any atom is -0.487 e. The Morgan fingerprint density at radius 1 is 0.889 bits per heavy atom. The highest BCUT2D eigenvalue weighted by Crippen LogP contribution is 2.28. The van der Waals surface area contributed by atoms with Crippen LogP contribution in [-0.4, -0.2) is 11.1 Å². The molecular weight excluding hydrogens is 364 g/mol. The number of hydrogen-bond acceptors (Lipinski definition) is 3. The van der Waals surface area contributed by atoms with Gasteiger partial charge in [-0.1, -0.05) is 48.0 Å². The molecule has 3 aromatic carbocycles. The van der Waals surface area contributed by atoms with Crippen molar-refractivity contribution in [2.45, 2.75) is 19.4 Å². The molecule has 0 saturated carbocycles. The summed E-state index contributed by atoms with van der Waals surface area (Å²) in [5.74, 6) is 1.24. The molecule has 0 atom stereocenters. The molecule has 138 valence electrons. The van der Waals surface area contributed by atoms with Crippen molar-refractivity contribution in [1.29, 1.82) is 0 Å². The third kappa shape index (κ3) is 5.76. The summed E-state index contributed by atoms with van der Waals surface area (Å²) in [5, 5.41) is 9.22. The van der Waals surface area contributed by atoms with Crippen LogP contribution in [0.1, 0.15) is 17.5 Å². The van der Waals surface area contributed by atoms with Crippen LogP contribution in [0.15, 0.2) is 72.8 Å². The number of aryl methyl sites for hydroxylation is 1. The number of carbonyl (C=O) groups is 1. The summed E-state index contributed by atoms with van der Waals surface area (Å²) in [5.41, 5.74) is 1.82. The lowest BCUT2D eigenvalue weighted by atomic mass is 10.1. The highest BCUT2D eigenvalue weighted by atomic mass is 35.5. The summed E-state index contributed by atoms with van der Waals surface area (Å²) < 4.78 is 11.6. The van der Waals surface area contributed by atoms with Crippen LogP contribution in [0.2, 0.25) is 5.02 Å². The molecule has 0 amide bonds. The topological polar surface area (TPSA) is 55.8 Å². The molecular formula is C22H19ClO4. The molecule has 0 bridgehead atoms. The van der Waals surface area contributed by atoms with Gasteiger partial charge in [0.05, 0.1) is 5.02 Å². The van der Waals surface area contributed by atoms with E-state index in [9.17, 15) is 4.79 Å². The molecule has 0 aliphatic carbocycles. The van der Waals surface area contributed by atoms with Gasteiger partial charge in [0.1, 0.15) is 23.9 Å². The second-order valence-electron chi connectivity index (χ2n) is 6.01. The van der Waals surface area contributed by atoms with E-state index in [1.165, 1.54) is 0 Å². The Morgan fingerprint density at radius 2 is 1.67 bits per heavy atom. The Labute approximate surface area is 162 Å². The van der Waals surface area contributed by atoms with E-state index in [4.69, 9.17) is 26.2 Å². The zero-order chi connectivity index (χ0) is 19.1. The molecule has 0 heterocycles. The van der Waals surface area contributed by atoms with Crippen LogP contribution in [0.5, 0.6) is 17.2 Å². The number of ether oxygens (including phenoxy) is 2. The quantitative estimate of drug-likeness (QED) is 0.540. The van der Waals surface area contributed by atoms with Crippen LogP contribution in [0.25, 0.3) is 0 Å². The number of para-hydroxylation sites is 1. The van der Waals surface area contributed by atoms with E-state index in [-0.39, 0.29) is 6.42 Å². The molecule has 0 spiro atoms. The van der Waals surface area contributed by atoms with Crippen LogP contribution < -0.4 is 9.47 Å². The average Bonchev–Trinajstić information content (AvgIpc) is 2.67. The van der Waals surface area contributed by atoms with E-state index < -0.39 is 5.97 Å². The van der Waals surface area contributed by atoms with E-state index >= 15 is 0 Å². The van der Waals surface area contributed by atoms with Crippen molar-refractivity contribution in [1.82, 2.24) is 0 Å². The first-order valence-electron chi connectivity index (χ1n) is 8.55. The maximum Gasteiger partial charge on any atom is 0.303 e. The summed E-state index contributed by atoms with van der Waals surface area (Å²) in [6, 6.07) is 22.6. The van der Waals surface area contributed by atoms with Crippen LogP contribution in [0.4, 0.5) is 0 Å². The number of rotatable bonds is 8. The first-order chi connectivity index (χ1) is 13.1. The molecule has 0 unspecified atom stereocenters. The number of carboxylic acid groups (broad SMARTS) is 1. The monoisotopic (exact) mass is 382 g/mol. The number of halogens is 1. The lowest BCUT2D eigenvalue weighted by Crippen LogP contribution is -1.99. The van der Waals surface area contributed by atoms with Gasteiger partial charge in [-0.05, 0) is 53.9 Å². The summed E-state index contributed by atoms with van der Waals surface area (Å²) in [6.07, 6.45) is 0.513. The predicted molar refractivity (Wildman–Crippen MR) is 105 cm³/mol. The third-order valence-electron chi connectivity index (χ3n) is 3.90. The van der Waals surface area contributed by atoms with Gasteiger partial charge in [0.2, 0.25) is 0 Å². The molecule has 4 nitrogen and oxygen atoms in total. The first-order valence-corrected chi connectivity index (χ1v) is 8.93. The number of aliphatic carboxylic acids is 1. The van der Waals surface area contributed by atoms with E-state index in [1.54, 1.807) is 12.1 Å². The van der Waals surface area contributed by atoms with Gasteiger partial charge >= 0.3 is 5.97 Å². The Kier molecular flexibility index (Phi) is 6.34. The summed E-state index contributed by atoms with van der Waals surface area (Å²) in [7, 11) is 0. The molecule has 0 fully saturated rings.